The van der Waals surface area contributed by atoms with Crippen molar-refractivity contribution in [2.45, 2.75) is 6.42 Å². The first kappa shape index (κ1) is 15.9. The molecular weight excluding hydrogens is 322 g/mol. The molecule has 0 amide bonds. The van der Waals surface area contributed by atoms with Crippen LogP contribution in [-0.2, 0) is 0 Å². The normalized spacial score (nSPS) is 19.5. The van der Waals surface area contributed by atoms with Gasteiger partial charge in [-0.1, -0.05) is 11.6 Å². The van der Waals surface area contributed by atoms with Gasteiger partial charge in [-0.25, -0.2) is 4.98 Å². The second-order valence-corrected chi connectivity index (χ2v) is 6.91. The van der Waals surface area contributed by atoms with E-state index in [1.54, 1.807) is 0 Å². The third-order valence-electron chi connectivity index (χ3n) is 4.86. The molecule has 4 rings (SSSR count). The Morgan fingerprint density at radius 2 is 1.62 bits per heavy atom. The molecule has 2 aliphatic heterocycles. The molecule has 0 bridgehead atoms. The van der Waals surface area contributed by atoms with Gasteiger partial charge >= 0.3 is 0 Å². The lowest BCUT2D eigenvalue weighted by atomic mass is 10.1. The summed E-state index contributed by atoms with van der Waals surface area (Å²) in [7, 11) is 0. The Morgan fingerprint density at radius 3 is 2.46 bits per heavy atom. The Labute approximate surface area is 148 Å². The highest BCUT2D eigenvalue weighted by Gasteiger charge is 2.17. The maximum atomic E-state index is 6.55. The van der Waals surface area contributed by atoms with Gasteiger partial charge in [0, 0.05) is 56.9 Å². The molecule has 2 saturated heterocycles. The lowest BCUT2D eigenvalue weighted by molar-refractivity contribution is 0.585. The highest BCUT2D eigenvalue weighted by Crippen LogP contribution is 2.30. The van der Waals surface area contributed by atoms with Crippen molar-refractivity contribution in [3.8, 4) is 0 Å². The Morgan fingerprint density at radius 1 is 0.875 bits per heavy atom. The minimum Gasteiger partial charge on any atom is -0.370 e. The van der Waals surface area contributed by atoms with E-state index in [2.05, 4.69) is 44.7 Å². The quantitative estimate of drug-likeness (QED) is 0.872. The maximum Gasteiger partial charge on any atom is 0.148 e. The van der Waals surface area contributed by atoms with Gasteiger partial charge in [0.15, 0.2) is 0 Å². The summed E-state index contributed by atoms with van der Waals surface area (Å²) >= 11 is 6.55. The highest BCUT2D eigenvalue weighted by atomic mass is 35.5. The van der Waals surface area contributed by atoms with Crippen molar-refractivity contribution >= 4 is 34.0 Å². The van der Waals surface area contributed by atoms with Gasteiger partial charge in [0.1, 0.15) is 5.82 Å². The molecule has 1 aromatic heterocycles. The molecule has 0 unspecified atom stereocenters. The van der Waals surface area contributed by atoms with Crippen molar-refractivity contribution < 1.29 is 0 Å². The first-order valence-corrected chi connectivity index (χ1v) is 9.21. The van der Waals surface area contributed by atoms with Crippen LogP contribution in [0.25, 0.3) is 10.9 Å². The predicted molar refractivity (Wildman–Crippen MR) is 102 cm³/mol. The van der Waals surface area contributed by atoms with Gasteiger partial charge in [-0.3, -0.25) is 0 Å². The lowest BCUT2D eigenvalue weighted by Crippen LogP contribution is -2.44. The van der Waals surface area contributed by atoms with Crippen molar-refractivity contribution in [1.82, 2.24) is 15.6 Å². The van der Waals surface area contributed by atoms with Gasteiger partial charge in [-0.05, 0) is 37.2 Å². The van der Waals surface area contributed by atoms with Gasteiger partial charge in [-0.2, -0.15) is 0 Å². The molecule has 1 aromatic carbocycles. The summed E-state index contributed by atoms with van der Waals surface area (Å²) in [4.78, 5) is 9.55. The van der Waals surface area contributed by atoms with E-state index < -0.39 is 0 Å². The first-order valence-electron chi connectivity index (χ1n) is 8.83. The Hall–Kier alpha value is -1.56. The fourth-order valence-corrected chi connectivity index (χ4v) is 3.81. The van der Waals surface area contributed by atoms with Crippen LogP contribution in [0.5, 0.6) is 0 Å². The summed E-state index contributed by atoms with van der Waals surface area (Å²) in [6, 6.07) is 8.61. The van der Waals surface area contributed by atoms with Crippen LogP contribution in [0.3, 0.4) is 0 Å². The van der Waals surface area contributed by atoms with Gasteiger partial charge in [0.2, 0.25) is 0 Å². The van der Waals surface area contributed by atoms with E-state index in [9.17, 15) is 0 Å². The summed E-state index contributed by atoms with van der Waals surface area (Å²) < 4.78 is 0. The SMILES string of the molecule is Clc1cc2cc(N3CCCNCC3)ccc2nc1N1CCNCC1. The smallest absolute Gasteiger partial charge is 0.148 e. The van der Waals surface area contributed by atoms with E-state index in [0.717, 1.165) is 74.1 Å². The molecule has 0 radical (unpaired) electrons. The number of halogens is 1. The van der Waals surface area contributed by atoms with Crippen LogP contribution >= 0.6 is 11.6 Å². The molecule has 2 aliphatic rings. The molecule has 24 heavy (non-hydrogen) atoms. The largest absolute Gasteiger partial charge is 0.370 e. The zero-order chi connectivity index (χ0) is 16.4. The molecule has 0 saturated carbocycles. The second kappa shape index (κ2) is 7.13. The summed E-state index contributed by atoms with van der Waals surface area (Å²) in [5, 5.41) is 8.69. The van der Waals surface area contributed by atoms with Crippen LogP contribution < -0.4 is 20.4 Å². The maximum absolute atomic E-state index is 6.55. The fourth-order valence-electron chi connectivity index (χ4n) is 3.53. The van der Waals surface area contributed by atoms with E-state index in [0.29, 0.717) is 0 Å². The molecule has 0 aliphatic carbocycles. The number of rotatable bonds is 2. The standard InChI is InChI=1S/C18H24ClN5/c19-16-13-14-12-15(23-8-1-4-20-5-9-23)2-3-17(14)22-18(16)24-10-6-21-7-11-24/h2-3,12-13,20-21H,1,4-11H2. The Kier molecular flexibility index (Phi) is 4.74. The monoisotopic (exact) mass is 345 g/mol. The third kappa shape index (κ3) is 3.29. The zero-order valence-corrected chi connectivity index (χ0v) is 14.6. The van der Waals surface area contributed by atoms with Crippen molar-refractivity contribution in [1.29, 1.82) is 0 Å². The fraction of sp³-hybridized carbons (Fsp3) is 0.500. The Bertz CT molecular complexity index is 706. The number of nitrogens with one attached hydrogen (secondary N) is 2. The lowest BCUT2D eigenvalue weighted by Gasteiger charge is -2.29. The minimum atomic E-state index is 0.749. The number of piperazine rings is 1. The van der Waals surface area contributed by atoms with Crippen LogP contribution in [-0.4, -0.2) is 57.3 Å². The topological polar surface area (TPSA) is 43.4 Å². The number of pyridine rings is 1. The molecule has 128 valence electrons. The van der Waals surface area contributed by atoms with Crippen molar-refractivity contribution in [2.75, 3.05) is 62.2 Å². The van der Waals surface area contributed by atoms with Crippen molar-refractivity contribution in [3.63, 3.8) is 0 Å². The van der Waals surface area contributed by atoms with Gasteiger partial charge < -0.3 is 20.4 Å². The van der Waals surface area contributed by atoms with E-state index in [1.807, 2.05) is 0 Å². The number of hydrogen-bond donors (Lipinski definition) is 2. The van der Waals surface area contributed by atoms with Crippen molar-refractivity contribution in [2.24, 2.45) is 0 Å². The average Bonchev–Trinajstić information content (AvgIpc) is 2.91. The predicted octanol–water partition coefficient (Wildman–Crippen LogP) is 2.10. The zero-order valence-electron chi connectivity index (χ0n) is 13.9. The summed E-state index contributed by atoms with van der Waals surface area (Å²) in [6.07, 6.45) is 1.18. The molecule has 0 atom stereocenters. The molecule has 5 nitrogen and oxygen atoms in total. The molecule has 2 aromatic rings. The van der Waals surface area contributed by atoms with E-state index in [4.69, 9.17) is 16.6 Å². The number of fused-ring (bicyclic) bond motifs is 1. The first-order chi connectivity index (χ1) is 11.8. The number of nitrogens with zero attached hydrogens (tertiary/aromatic N) is 3. The molecule has 6 heteroatoms. The number of benzene rings is 1. The van der Waals surface area contributed by atoms with Crippen LogP contribution in [0.2, 0.25) is 5.02 Å². The second-order valence-electron chi connectivity index (χ2n) is 6.50. The minimum absolute atomic E-state index is 0.749. The molecule has 3 heterocycles. The summed E-state index contributed by atoms with van der Waals surface area (Å²) in [5.41, 5.74) is 2.28. The van der Waals surface area contributed by atoms with E-state index in [-0.39, 0.29) is 0 Å². The molecule has 0 spiro atoms. The number of aromatic nitrogens is 1. The molecular formula is C18H24ClN5. The van der Waals surface area contributed by atoms with Crippen LogP contribution in [0, 0.1) is 0 Å². The molecule has 2 N–H and O–H groups in total. The summed E-state index contributed by atoms with van der Waals surface area (Å²) in [5.74, 6) is 0.914. The van der Waals surface area contributed by atoms with Gasteiger partial charge in [-0.15, -0.1) is 0 Å². The Balaban J connectivity index is 1.65. The van der Waals surface area contributed by atoms with Crippen LogP contribution in [0.1, 0.15) is 6.42 Å². The number of anilines is 2. The number of hydrogen-bond acceptors (Lipinski definition) is 5. The van der Waals surface area contributed by atoms with E-state index in [1.165, 1.54) is 12.1 Å². The average molecular weight is 346 g/mol. The highest BCUT2D eigenvalue weighted by molar-refractivity contribution is 6.33. The van der Waals surface area contributed by atoms with E-state index >= 15 is 0 Å². The van der Waals surface area contributed by atoms with Crippen LogP contribution in [0.15, 0.2) is 24.3 Å². The van der Waals surface area contributed by atoms with Gasteiger partial charge in [0.05, 0.1) is 10.5 Å². The molecule has 2 fully saturated rings. The summed E-state index contributed by atoms with van der Waals surface area (Å²) in [6.45, 7) is 8.17. The van der Waals surface area contributed by atoms with Crippen LogP contribution in [0.4, 0.5) is 11.5 Å². The van der Waals surface area contributed by atoms with Gasteiger partial charge in [0.25, 0.3) is 0 Å². The van der Waals surface area contributed by atoms with Crippen molar-refractivity contribution in [3.05, 3.63) is 29.3 Å². The third-order valence-corrected chi connectivity index (χ3v) is 5.13.